The second kappa shape index (κ2) is 9.89. The lowest BCUT2D eigenvalue weighted by atomic mass is 9.91. The Morgan fingerprint density at radius 1 is 1.11 bits per heavy atom. The number of carbonyl (C=O) groups is 1. The highest BCUT2D eigenvalue weighted by molar-refractivity contribution is 6.31. The van der Waals surface area contributed by atoms with Gasteiger partial charge in [0.2, 0.25) is 0 Å². The average Bonchev–Trinajstić information content (AvgIpc) is 2.65. The standard InChI is InChI=1S/C19H23ClFN5O.ClH/c1-11-23-17(22-2)10-18(24-11)25-13-4-6-14(7-5-13)26-19(27)12-3-8-16(21)15(20)9-12;/h3,8-10,13-14H,4-7H2,1-2H3,(H,26,27)(H2,22,23,24,25);1H/t13-,14+;. The van der Waals surface area contributed by atoms with Crippen molar-refractivity contribution in [2.75, 3.05) is 17.7 Å². The Morgan fingerprint density at radius 3 is 2.39 bits per heavy atom. The Balaban J connectivity index is 0.00000280. The van der Waals surface area contributed by atoms with Gasteiger partial charge in [-0.15, -0.1) is 12.4 Å². The van der Waals surface area contributed by atoms with Crippen LogP contribution < -0.4 is 16.0 Å². The summed E-state index contributed by atoms with van der Waals surface area (Å²) in [6.07, 6.45) is 3.57. The molecule has 1 aromatic heterocycles. The molecule has 1 aliphatic carbocycles. The first-order valence-electron chi connectivity index (χ1n) is 9.00. The van der Waals surface area contributed by atoms with E-state index in [0.29, 0.717) is 17.4 Å². The van der Waals surface area contributed by atoms with Gasteiger partial charge < -0.3 is 16.0 Å². The van der Waals surface area contributed by atoms with Crippen LogP contribution in [0, 0.1) is 12.7 Å². The van der Waals surface area contributed by atoms with Gasteiger partial charge in [-0.2, -0.15) is 0 Å². The van der Waals surface area contributed by atoms with E-state index in [-0.39, 0.29) is 29.4 Å². The molecule has 1 aromatic carbocycles. The van der Waals surface area contributed by atoms with Crippen molar-refractivity contribution in [3.63, 3.8) is 0 Å². The van der Waals surface area contributed by atoms with E-state index in [1.807, 2.05) is 20.0 Å². The quantitative estimate of drug-likeness (QED) is 0.666. The summed E-state index contributed by atoms with van der Waals surface area (Å²) in [7, 11) is 1.83. The smallest absolute Gasteiger partial charge is 0.251 e. The van der Waals surface area contributed by atoms with E-state index in [9.17, 15) is 9.18 Å². The molecule has 0 radical (unpaired) electrons. The average molecular weight is 428 g/mol. The van der Waals surface area contributed by atoms with Gasteiger partial charge in [0.05, 0.1) is 5.02 Å². The Labute approximate surface area is 175 Å². The summed E-state index contributed by atoms with van der Waals surface area (Å²) >= 11 is 5.75. The molecule has 1 heterocycles. The van der Waals surface area contributed by atoms with E-state index in [4.69, 9.17) is 11.6 Å². The van der Waals surface area contributed by atoms with Crippen LogP contribution >= 0.6 is 24.0 Å². The highest BCUT2D eigenvalue weighted by Gasteiger charge is 2.23. The molecule has 28 heavy (non-hydrogen) atoms. The van der Waals surface area contributed by atoms with Crippen LogP contribution in [0.25, 0.3) is 0 Å². The molecule has 3 N–H and O–H groups in total. The molecular weight excluding hydrogens is 404 g/mol. The zero-order valence-electron chi connectivity index (χ0n) is 15.8. The number of hydrogen-bond donors (Lipinski definition) is 3. The summed E-state index contributed by atoms with van der Waals surface area (Å²) in [6.45, 7) is 1.86. The highest BCUT2D eigenvalue weighted by atomic mass is 35.5. The van der Waals surface area contributed by atoms with Crippen molar-refractivity contribution in [1.29, 1.82) is 0 Å². The molecule has 1 amide bonds. The molecule has 0 aliphatic heterocycles. The number of benzene rings is 1. The fourth-order valence-electron chi connectivity index (χ4n) is 3.27. The van der Waals surface area contributed by atoms with Crippen LogP contribution in [0.3, 0.4) is 0 Å². The van der Waals surface area contributed by atoms with Crippen molar-refractivity contribution < 1.29 is 9.18 Å². The Bertz CT molecular complexity index is 828. The van der Waals surface area contributed by atoms with Gasteiger partial charge in [0.25, 0.3) is 5.91 Å². The molecule has 0 atom stereocenters. The predicted octanol–water partition coefficient (Wildman–Crippen LogP) is 4.19. The number of aromatic nitrogens is 2. The molecule has 0 saturated heterocycles. The van der Waals surface area contributed by atoms with Gasteiger partial charge in [-0.3, -0.25) is 4.79 Å². The summed E-state index contributed by atoms with van der Waals surface area (Å²) in [5.74, 6) is 1.55. The van der Waals surface area contributed by atoms with Gasteiger partial charge in [0.1, 0.15) is 23.3 Å². The lowest BCUT2D eigenvalue weighted by molar-refractivity contribution is 0.0926. The zero-order valence-corrected chi connectivity index (χ0v) is 17.3. The monoisotopic (exact) mass is 427 g/mol. The van der Waals surface area contributed by atoms with Crippen molar-refractivity contribution >= 4 is 41.6 Å². The number of aryl methyl sites for hydroxylation is 1. The first kappa shape index (κ1) is 22.2. The molecule has 2 aromatic rings. The molecule has 1 fully saturated rings. The van der Waals surface area contributed by atoms with Crippen LogP contribution in [0.15, 0.2) is 24.3 Å². The van der Waals surface area contributed by atoms with Crippen LogP contribution in [0.5, 0.6) is 0 Å². The Morgan fingerprint density at radius 2 is 1.75 bits per heavy atom. The van der Waals surface area contributed by atoms with E-state index < -0.39 is 5.82 Å². The molecule has 152 valence electrons. The number of carbonyl (C=O) groups excluding carboxylic acids is 1. The summed E-state index contributed by atoms with van der Waals surface area (Å²) in [5, 5.41) is 9.44. The van der Waals surface area contributed by atoms with E-state index in [0.717, 1.165) is 37.3 Å². The zero-order chi connectivity index (χ0) is 19.4. The van der Waals surface area contributed by atoms with Crippen molar-refractivity contribution in [2.24, 2.45) is 0 Å². The summed E-state index contributed by atoms with van der Waals surface area (Å²) in [4.78, 5) is 21.0. The maximum absolute atomic E-state index is 13.2. The Kier molecular flexibility index (Phi) is 7.83. The predicted molar refractivity (Wildman–Crippen MR) is 112 cm³/mol. The van der Waals surface area contributed by atoms with E-state index in [2.05, 4.69) is 25.9 Å². The van der Waals surface area contributed by atoms with Gasteiger partial charge in [0.15, 0.2) is 0 Å². The molecule has 0 spiro atoms. The van der Waals surface area contributed by atoms with Crippen molar-refractivity contribution in [3.05, 3.63) is 46.5 Å². The maximum atomic E-state index is 13.2. The summed E-state index contributed by atoms with van der Waals surface area (Å²) < 4.78 is 13.2. The first-order valence-corrected chi connectivity index (χ1v) is 9.38. The molecule has 6 nitrogen and oxygen atoms in total. The fourth-order valence-corrected chi connectivity index (χ4v) is 3.45. The highest BCUT2D eigenvalue weighted by Crippen LogP contribution is 2.23. The molecule has 1 aliphatic rings. The molecule has 3 rings (SSSR count). The Hall–Kier alpha value is -2.12. The van der Waals surface area contributed by atoms with Crippen LogP contribution in [-0.4, -0.2) is 35.0 Å². The van der Waals surface area contributed by atoms with Crippen molar-refractivity contribution in [1.82, 2.24) is 15.3 Å². The largest absolute Gasteiger partial charge is 0.373 e. The molecule has 0 bridgehead atoms. The topological polar surface area (TPSA) is 78.9 Å². The minimum Gasteiger partial charge on any atom is -0.373 e. The van der Waals surface area contributed by atoms with Gasteiger partial charge in [-0.1, -0.05) is 11.6 Å². The fraction of sp³-hybridized carbons (Fsp3) is 0.421. The number of nitrogens with zero attached hydrogens (tertiary/aromatic N) is 2. The SMILES string of the molecule is CNc1cc(N[C@H]2CC[C@@H](NC(=O)c3ccc(F)c(Cl)c3)CC2)nc(C)n1.Cl. The minimum atomic E-state index is -0.527. The normalized spacial score (nSPS) is 18.7. The van der Waals surface area contributed by atoms with Gasteiger partial charge in [0, 0.05) is 30.8 Å². The maximum Gasteiger partial charge on any atom is 0.251 e. The third-order valence-corrected chi connectivity index (χ3v) is 4.98. The van der Waals surface area contributed by atoms with Crippen molar-refractivity contribution in [2.45, 2.75) is 44.7 Å². The number of nitrogens with one attached hydrogen (secondary N) is 3. The van der Waals surface area contributed by atoms with Gasteiger partial charge in [-0.25, -0.2) is 14.4 Å². The second-order valence-electron chi connectivity index (χ2n) is 6.73. The number of anilines is 2. The van der Waals surface area contributed by atoms with Crippen LogP contribution in [0.4, 0.5) is 16.0 Å². The lowest BCUT2D eigenvalue weighted by Crippen LogP contribution is -2.40. The summed E-state index contributed by atoms with van der Waals surface area (Å²) in [6, 6.07) is 6.30. The van der Waals surface area contributed by atoms with Gasteiger partial charge >= 0.3 is 0 Å². The lowest BCUT2D eigenvalue weighted by Gasteiger charge is -2.30. The first-order chi connectivity index (χ1) is 12.9. The molecule has 9 heteroatoms. The third-order valence-electron chi connectivity index (χ3n) is 4.69. The van der Waals surface area contributed by atoms with Crippen LogP contribution in [-0.2, 0) is 0 Å². The number of rotatable bonds is 5. The third kappa shape index (κ3) is 5.69. The summed E-state index contributed by atoms with van der Waals surface area (Å²) in [5.41, 5.74) is 0.373. The molecule has 1 saturated carbocycles. The van der Waals surface area contributed by atoms with Crippen LogP contribution in [0.2, 0.25) is 5.02 Å². The van der Waals surface area contributed by atoms with E-state index in [1.165, 1.54) is 18.2 Å². The van der Waals surface area contributed by atoms with Crippen molar-refractivity contribution in [3.8, 4) is 0 Å². The number of halogens is 3. The molecule has 0 unspecified atom stereocenters. The van der Waals surface area contributed by atoms with Gasteiger partial charge in [-0.05, 0) is 50.8 Å². The minimum absolute atomic E-state index is 0. The van der Waals surface area contributed by atoms with E-state index >= 15 is 0 Å². The second-order valence-corrected chi connectivity index (χ2v) is 7.14. The van der Waals surface area contributed by atoms with Crippen LogP contribution in [0.1, 0.15) is 41.9 Å². The van der Waals surface area contributed by atoms with E-state index in [1.54, 1.807) is 0 Å². The molecular formula is C19H24Cl2FN5O. The number of hydrogen-bond acceptors (Lipinski definition) is 5. The number of amides is 1.